The summed E-state index contributed by atoms with van der Waals surface area (Å²) in [6.45, 7) is 3.39. The van der Waals surface area contributed by atoms with Crippen LogP contribution < -0.4 is 10.1 Å². The number of benzene rings is 1. The van der Waals surface area contributed by atoms with Crippen molar-refractivity contribution in [2.75, 3.05) is 19.7 Å². The molecule has 0 fully saturated rings. The molecule has 1 aromatic carbocycles. The van der Waals surface area contributed by atoms with Crippen LogP contribution in [0, 0.1) is 10.1 Å². The maximum absolute atomic E-state index is 10.7. The highest BCUT2D eigenvalue weighted by Gasteiger charge is 2.11. The van der Waals surface area contributed by atoms with E-state index < -0.39 is 11.0 Å². The van der Waals surface area contributed by atoms with Crippen LogP contribution in [0.3, 0.4) is 0 Å². The number of nitrogens with one attached hydrogen (secondary N) is 1. The lowest BCUT2D eigenvalue weighted by molar-refractivity contribution is -0.385. The second-order valence-electron chi connectivity index (χ2n) is 4.07. The van der Waals surface area contributed by atoms with Crippen molar-refractivity contribution in [2.24, 2.45) is 0 Å². The summed E-state index contributed by atoms with van der Waals surface area (Å²) in [5, 5.41) is 23.4. The van der Waals surface area contributed by atoms with E-state index in [4.69, 9.17) is 4.74 Å². The maximum atomic E-state index is 10.7. The average Bonchev–Trinajstić information content (AvgIpc) is 2.36. The van der Waals surface area contributed by atoms with E-state index in [1.165, 1.54) is 12.1 Å². The third-order valence-electron chi connectivity index (χ3n) is 2.32. The Hall–Kier alpha value is -1.18. The molecule has 0 bridgehead atoms. The van der Waals surface area contributed by atoms with Gasteiger partial charge in [0.1, 0.15) is 18.5 Å². The zero-order chi connectivity index (χ0) is 14.3. The van der Waals surface area contributed by atoms with Crippen LogP contribution in [0.5, 0.6) is 5.75 Å². The third-order valence-corrected chi connectivity index (χ3v) is 2.77. The van der Waals surface area contributed by atoms with Gasteiger partial charge in [-0.3, -0.25) is 10.1 Å². The zero-order valence-corrected chi connectivity index (χ0v) is 12.2. The molecule has 106 valence electrons. The fourth-order valence-electron chi connectivity index (χ4n) is 1.43. The summed E-state index contributed by atoms with van der Waals surface area (Å²) >= 11 is 3.18. The van der Waals surface area contributed by atoms with E-state index in [0.717, 1.165) is 13.0 Å². The molecule has 0 saturated carbocycles. The summed E-state index contributed by atoms with van der Waals surface area (Å²) in [6, 6.07) is 4.35. The molecule has 0 radical (unpaired) electrons. The maximum Gasteiger partial charge on any atom is 0.274 e. The van der Waals surface area contributed by atoms with Crippen molar-refractivity contribution in [2.45, 2.75) is 19.4 Å². The number of nitro groups is 1. The van der Waals surface area contributed by atoms with Crippen molar-refractivity contribution in [3.05, 3.63) is 32.8 Å². The number of halogens is 1. The Kier molecular flexibility index (Phi) is 6.75. The Morgan fingerprint density at radius 2 is 2.26 bits per heavy atom. The molecule has 1 unspecified atom stereocenters. The largest absolute Gasteiger partial charge is 0.491 e. The van der Waals surface area contributed by atoms with E-state index in [1.54, 1.807) is 6.07 Å². The van der Waals surface area contributed by atoms with Crippen molar-refractivity contribution < 1.29 is 14.8 Å². The van der Waals surface area contributed by atoms with Crippen molar-refractivity contribution in [1.82, 2.24) is 5.32 Å². The lowest BCUT2D eigenvalue weighted by Crippen LogP contribution is -2.31. The first-order valence-electron chi connectivity index (χ1n) is 5.99. The standard InChI is InChI=1S/C12H17BrN2O4/c1-2-3-14-7-11(16)8-19-12-5-9(13)4-10(6-12)15(17)18/h4-6,11,14,16H,2-3,7-8H2,1H3. The monoisotopic (exact) mass is 332 g/mol. The summed E-state index contributed by atoms with van der Waals surface area (Å²) in [4.78, 5) is 10.2. The van der Waals surface area contributed by atoms with Crippen LogP contribution in [0.2, 0.25) is 0 Å². The highest BCUT2D eigenvalue weighted by atomic mass is 79.9. The molecule has 2 N–H and O–H groups in total. The minimum atomic E-state index is -0.649. The number of nitrogens with zero attached hydrogens (tertiary/aromatic N) is 1. The molecule has 6 nitrogen and oxygen atoms in total. The summed E-state index contributed by atoms with van der Waals surface area (Å²) in [5.74, 6) is 0.357. The number of aliphatic hydroxyl groups is 1. The number of hydrogen-bond donors (Lipinski definition) is 2. The summed E-state index contributed by atoms with van der Waals surface area (Å²) in [6.07, 6.45) is 0.343. The van der Waals surface area contributed by atoms with Crippen LogP contribution in [0.15, 0.2) is 22.7 Å². The summed E-state index contributed by atoms with van der Waals surface area (Å²) < 4.78 is 5.91. The van der Waals surface area contributed by atoms with Gasteiger partial charge in [0.15, 0.2) is 0 Å². The Morgan fingerprint density at radius 1 is 1.53 bits per heavy atom. The highest BCUT2D eigenvalue weighted by Crippen LogP contribution is 2.26. The fraction of sp³-hybridized carbons (Fsp3) is 0.500. The molecule has 19 heavy (non-hydrogen) atoms. The van der Waals surface area contributed by atoms with E-state index in [1.807, 2.05) is 6.92 Å². The molecule has 0 aliphatic heterocycles. The van der Waals surface area contributed by atoms with Crippen molar-refractivity contribution in [3.8, 4) is 5.75 Å². The smallest absolute Gasteiger partial charge is 0.274 e. The molecule has 0 spiro atoms. The Balaban J connectivity index is 2.50. The molecule has 1 atom stereocenters. The Bertz CT molecular complexity index is 428. The molecule has 0 aliphatic rings. The lowest BCUT2D eigenvalue weighted by atomic mass is 10.3. The van der Waals surface area contributed by atoms with Gasteiger partial charge in [-0.1, -0.05) is 22.9 Å². The molecule has 1 aromatic rings. The molecular weight excluding hydrogens is 316 g/mol. The van der Waals surface area contributed by atoms with Crippen LogP contribution in [-0.4, -0.2) is 35.8 Å². The predicted octanol–water partition coefficient (Wildman–Crippen LogP) is 2.10. The molecule has 0 heterocycles. The van der Waals surface area contributed by atoms with Crippen LogP contribution in [-0.2, 0) is 0 Å². The Labute approximate surface area is 120 Å². The molecule has 0 aliphatic carbocycles. The van der Waals surface area contributed by atoms with Crippen molar-refractivity contribution >= 4 is 21.6 Å². The highest BCUT2D eigenvalue weighted by molar-refractivity contribution is 9.10. The normalized spacial score (nSPS) is 12.2. The molecule has 0 saturated heterocycles. The quantitative estimate of drug-likeness (QED) is 0.432. The average molecular weight is 333 g/mol. The third kappa shape index (κ3) is 6.00. The first-order valence-corrected chi connectivity index (χ1v) is 6.78. The number of ether oxygens (including phenoxy) is 1. The number of nitro benzene ring substituents is 1. The molecule has 0 amide bonds. The van der Waals surface area contributed by atoms with Gasteiger partial charge < -0.3 is 15.2 Å². The molecule has 7 heteroatoms. The SMILES string of the molecule is CCCNCC(O)COc1cc(Br)cc([N+](=O)[O-])c1. The fourth-order valence-corrected chi connectivity index (χ4v) is 1.89. The lowest BCUT2D eigenvalue weighted by Gasteiger charge is -2.13. The first-order chi connectivity index (χ1) is 9.02. The second-order valence-corrected chi connectivity index (χ2v) is 4.99. The van der Waals surface area contributed by atoms with Gasteiger partial charge in [0.2, 0.25) is 0 Å². The van der Waals surface area contributed by atoms with Gasteiger partial charge in [-0.25, -0.2) is 0 Å². The van der Waals surface area contributed by atoms with Crippen molar-refractivity contribution in [3.63, 3.8) is 0 Å². The van der Waals surface area contributed by atoms with E-state index in [9.17, 15) is 15.2 Å². The first kappa shape index (κ1) is 15.9. The van der Waals surface area contributed by atoms with Crippen LogP contribution in [0.4, 0.5) is 5.69 Å². The van der Waals surface area contributed by atoms with Gasteiger partial charge in [0, 0.05) is 17.1 Å². The predicted molar refractivity (Wildman–Crippen MR) is 75.5 cm³/mol. The van der Waals surface area contributed by atoms with E-state index in [0.29, 0.717) is 16.8 Å². The molecular formula is C12H17BrN2O4. The minimum Gasteiger partial charge on any atom is -0.491 e. The van der Waals surface area contributed by atoms with Gasteiger partial charge in [-0.05, 0) is 19.0 Å². The van der Waals surface area contributed by atoms with Crippen LogP contribution in [0.25, 0.3) is 0 Å². The van der Waals surface area contributed by atoms with Gasteiger partial charge in [0.25, 0.3) is 5.69 Å². The zero-order valence-electron chi connectivity index (χ0n) is 10.6. The van der Waals surface area contributed by atoms with E-state index >= 15 is 0 Å². The molecule has 0 aromatic heterocycles. The second kappa shape index (κ2) is 8.08. The van der Waals surface area contributed by atoms with Gasteiger partial charge in [-0.2, -0.15) is 0 Å². The van der Waals surface area contributed by atoms with Gasteiger partial charge in [-0.15, -0.1) is 0 Å². The summed E-state index contributed by atoms with van der Waals surface area (Å²) in [7, 11) is 0. The van der Waals surface area contributed by atoms with Crippen LogP contribution in [0.1, 0.15) is 13.3 Å². The van der Waals surface area contributed by atoms with Gasteiger partial charge in [0.05, 0.1) is 11.0 Å². The number of non-ortho nitro benzene ring substituents is 1. The number of hydrogen-bond acceptors (Lipinski definition) is 5. The topological polar surface area (TPSA) is 84.6 Å². The van der Waals surface area contributed by atoms with Gasteiger partial charge >= 0.3 is 0 Å². The number of aliphatic hydroxyl groups excluding tert-OH is 1. The molecule has 1 rings (SSSR count). The minimum absolute atomic E-state index is 0.0528. The van der Waals surface area contributed by atoms with Crippen LogP contribution >= 0.6 is 15.9 Å². The van der Waals surface area contributed by atoms with E-state index in [-0.39, 0.29) is 12.3 Å². The summed E-state index contributed by atoms with van der Waals surface area (Å²) in [5.41, 5.74) is -0.0528. The Morgan fingerprint density at radius 3 is 2.89 bits per heavy atom. The van der Waals surface area contributed by atoms with Crippen molar-refractivity contribution in [1.29, 1.82) is 0 Å². The number of rotatable bonds is 8. The van der Waals surface area contributed by atoms with E-state index in [2.05, 4.69) is 21.2 Å².